The van der Waals surface area contributed by atoms with E-state index in [2.05, 4.69) is 56.0 Å². The first kappa shape index (κ1) is 27.8. The van der Waals surface area contributed by atoms with Gasteiger partial charge in [0.25, 0.3) is 0 Å². The van der Waals surface area contributed by atoms with Crippen LogP contribution in [0.4, 0.5) is 23.1 Å². The molecule has 0 radical (unpaired) electrons. The minimum Gasteiger partial charge on any atom is -0.478 e. The second-order valence-corrected chi connectivity index (χ2v) is 10.8. The van der Waals surface area contributed by atoms with Crippen LogP contribution in [0.25, 0.3) is 11.4 Å². The van der Waals surface area contributed by atoms with Crippen molar-refractivity contribution in [3.05, 3.63) is 71.8 Å². The average molecular weight is 567 g/mol. The predicted octanol–water partition coefficient (Wildman–Crippen LogP) is 5.35. The SMILES string of the molecule is CCCCOc1cccc(Nc2ccc(-c3nc4c(c(N5CCOC[C@@H]5C)n3)CCN(c3ccnc(C)n3)C4)cc2)n1. The number of nitrogens with zero attached hydrogens (tertiary/aromatic N) is 7. The molecule has 4 aromatic rings. The lowest BCUT2D eigenvalue weighted by Gasteiger charge is -2.38. The number of nitrogens with one attached hydrogen (secondary N) is 1. The lowest BCUT2D eigenvalue weighted by molar-refractivity contribution is 0.0984. The zero-order valence-corrected chi connectivity index (χ0v) is 24.6. The maximum atomic E-state index is 5.77. The van der Waals surface area contributed by atoms with E-state index in [1.54, 1.807) is 0 Å². The molecule has 1 N–H and O–H groups in total. The Morgan fingerprint density at radius 3 is 2.71 bits per heavy atom. The van der Waals surface area contributed by atoms with E-state index >= 15 is 0 Å². The number of aromatic nitrogens is 5. The van der Waals surface area contributed by atoms with Crippen LogP contribution in [0, 0.1) is 6.92 Å². The van der Waals surface area contributed by atoms with Crippen molar-refractivity contribution in [3.8, 4) is 17.3 Å². The van der Waals surface area contributed by atoms with E-state index in [0.29, 0.717) is 32.2 Å². The fraction of sp³-hybridized carbons (Fsp3) is 0.406. The molecule has 0 amide bonds. The second-order valence-electron chi connectivity index (χ2n) is 10.8. The highest BCUT2D eigenvalue weighted by atomic mass is 16.5. The first-order valence-corrected chi connectivity index (χ1v) is 14.8. The molecule has 0 saturated carbocycles. The minimum atomic E-state index is 0.244. The molecule has 1 aromatic carbocycles. The number of unbranched alkanes of at least 4 members (excludes halogenated alkanes) is 1. The zero-order valence-electron chi connectivity index (χ0n) is 24.6. The van der Waals surface area contributed by atoms with E-state index in [9.17, 15) is 0 Å². The number of pyridine rings is 1. The number of benzene rings is 1. The van der Waals surface area contributed by atoms with E-state index < -0.39 is 0 Å². The number of anilines is 4. The van der Waals surface area contributed by atoms with Gasteiger partial charge in [0.1, 0.15) is 23.3 Å². The van der Waals surface area contributed by atoms with Crippen molar-refractivity contribution >= 4 is 23.1 Å². The molecule has 2 aliphatic heterocycles. The summed E-state index contributed by atoms with van der Waals surface area (Å²) in [6, 6.07) is 16.2. The molecule has 0 bridgehead atoms. The maximum Gasteiger partial charge on any atom is 0.215 e. The molecule has 0 spiro atoms. The van der Waals surface area contributed by atoms with Gasteiger partial charge in [-0.3, -0.25) is 0 Å². The van der Waals surface area contributed by atoms with Crippen LogP contribution in [-0.4, -0.2) is 63.9 Å². The topological polar surface area (TPSA) is 101 Å². The summed E-state index contributed by atoms with van der Waals surface area (Å²) in [5.74, 6) is 4.81. The lowest BCUT2D eigenvalue weighted by Crippen LogP contribution is -2.45. The summed E-state index contributed by atoms with van der Waals surface area (Å²) in [5.41, 5.74) is 4.16. The Labute approximate surface area is 247 Å². The average Bonchev–Trinajstić information content (AvgIpc) is 3.01. The zero-order chi connectivity index (χ0) is 28.9. The molecular formula is C32H38N8O2. The Morgan fingerprint density at radius 1 is 1.02 bits per heavy atom. The Balaban J connectivity index is 1.27. The van der Waals surface area contributed by atoms with Crippen molar-refractivity contribution in [1.29, 1.82) is 0 Å². The molecule has 5 heterocycles. The van der Waals surface area contributed by atoms with E-state index in [4.69, 9.17) is 19.4 Å². The normalized spacial score (nSPS) is 16.7. The monoisotopic (exact) mass is 566 g/mol. The van der Waals surface area contributed by atoms with Gasteiger partial charge in [-0.05, 0) is 63.1 Å². The van der Waals surface area contributed by atoms with E-state index in [-0.39, 0.29) is 6.04 Å². The Bertz CT molecular complexity index is 1510. The quantitative estimate of drug-likeness (QED) is 0.267. The third-order valence-corrected chi connectivity index (χ3v) is 7.66. The molecule has 10 heteroatoms. The van der Waals surface area contributed by atoms with Gasteiger partial charge >= 0.3 is 0 Å². The van der Waals surface area contributed by atoms with E-state index in [0.717, 1.165) is 78.4 Å². The van der Waals surface area contributed by atoms with Crippen LogP contribution in [0.5, 0.6) is 5.88 Å². The van der Waals surface area contributed by atoms with Crippen LogP contribution in [0.3, 0.4) is 0 Å². The highest BCUT2D eigenvalue weighted by Gasteiger charge is 2.29. The molecule has 10 nitrogen and oxygen atoms in total. The van der Waals surface area contributed by atoms with Crippen LogP contribution in [0.15, 0.2) is 54.7 Å². The predicted molar refractivity (Wildman–Crippen MR) is 165 cm³/mol. The molecule has 0 aliphatic carbocycles. The van der Waals surface area contributed by atoms with Crippen LogP contribution >= 0.6 is 0 Å². The molecule has 1 fully saturated rings. The molecule has 3 aromatic heterocycles. The van der Waals surface area contributed by atoms with Crippen LogP contribution in [-0.2, 0) is 17.7 Å². The smallest absolute Gasteiger partial charge is 0.215 e. The fourth-order valence-electron chi connectivity index (χ4n) is 5.37. The Morgan fingerprint density at radius 2 is 1.90 bits per heavy atom. The first-order valence-electron chi connectivity index (χ1n) is 14.8. The molecule has 42 heavy (non-hydrogen) atoms. The number of hydrogen-bond donors (Lipinski definition) is 1. The van der Waals surface area contributed by atoms with Crippen LogP contribution < -0.4 is 19.9 Å². The van der Waals surface area contributed by atoms with Gasteiger partial charge in [-0.2, -0.15) is 4.98 Å². The van der Waals surface area contributed by atoms with E-state index in [1.807, 2.05) is 49.5 Å². The molecule has 218 valence electrons. The van der Waals surface area contributed by atoms with Crippen molar-refractivity contribution in [2.75, 3.05) is 48.0 Å². The largest absolute Gasteiger partial charge is 0.478 e. The fourth-order valence-corrected chi connectivity index (χ4v) is 5.37. The standard InChI is InChI=1S/C32H38N8O2/c1-4-5-18-42-30-8-6-7-28(37-30)35-25-11-9-24(10-12-25)31-36-27-20-39(29-13-15-33-23(3)34-29)16-14-26(27)32(38-31)40-17-19-41-21-22(40)2/h6-13,15,22H,4-5,14,16-21H2,1-3H3,(H,35,37)/t22-/m0/s1. The van der Waals surface area contributed by atoms with Crippen LogP contribution in [0.2, 0.25) is 0 Å². The van der Waals surface area contributed by atoms with Gasteiger partial charge < -0.3 is 24.6 Å². The van der Waals surface area contributed by atoms with Gasteiger partial charge in [0.2, 0.25) is 5.88 Å². The molecule has 6 rings (SSSR count). The van der Waals surface area contributed by atoms with Crippen molar-refractivity contribution in [2.24, 2.45) is 0 Å². The summed E-state index contributed by atoms with van der Waals surface area (Å²) in [5, 5.41) is 3.39. The highest BCUT2D eigenvalue weighted by Crippen LogP contribution is 2.33. The number of fused-ring (bicyclic) bond motifs is 1. The van der Waals surface area contributed by atoms with Crippen molar-refractivity contribution in [2.45, 2.75) is 52.6 Å². The summed E-state index contributed by atoms with van der Waals surface area (Å²) in [7, 11) is 0. The molecule has 1 atom stereocenters. The van der Waals surface area contributed by atoms with Crippen molar-refractivity contribution in [3.63, 3.8) is 0 Å². The number of aryl methyl sites for hydroxylation is 1. The molecule has 0 unspecified atom stereocenters. The molecular weight excluding hydrogens is 528 g/mol. The summed E-state index contributed by atoms with van der Waals surface area (Å²) in [6.07, 6.45) is 4.77. The summed E-state index contributed by atoms with van der Waals surface area (Å²) < 4.78 is 11.5. The number of hydrogen-bond acceptors (Lipinski definition) is 10. The number of morpholine rings is 1. The molecule has 2 aliphatic rings. The Kier molecular flexibility index (Phi) is 8.41. The minimum absolute atomic E-state index is 0.244. The lowest BCUT2D eigenvalue weighted by atomic mass is 10.0. The maximum absolute atomic E-state index is 5.77. The van der Waals surface area contributed by atoms with Gasteiger partial charge in [0, 0.05) is 42.2 Å². The summed E-state index contributed by atoms with van der Waals surface area (Å²) in [4.78, 5) is 28.5. The second kappa shape index (κ2) is 12.7. The van der Waals surface area contributed by atoms with Crippen molar-refractivity contribution < 1.29 is 9.47 Å². The van der Waals surface area contributed by atoms with Gasteiger partial charge in [-0.25, -0.2) is 19.9 Å². The number of ether oxygens (including phenoxy) is 2. The first-order chi connectivity index (χ1) is 20.6. The van der Waals surface area contributed by atoms with Crippen molar-refractivity contribution in [1.82, 2.24) is 24.9 Å². The van der Waals surface area contributed by atoms with Gasteiger partial charge in [0.05, 0.1) is 38.1 Å². The third-order valence-electron chi connectivity index (χ3n) is 7.66. The highest BCUT2D eigenvalue weighted by molar-refractivity contribution is 5.66. The third kappa shape index (κ3) is 6.28. The van der Waals surface area contributed by atoms with Gasteiger partial charge in [0.15, 0.2) is 5.82 Å². The van der Waals surface area contributed by atoms with Crippen LogP contribution in [0.1, 0.15) is 43.8 Å². The Hall–Kier alpha value is -4.31. The summed E-state index contributed by atoms with van der Waals surface area (Å²) >= 11 is 0. The number of rotatable bonds is 9. The van der Waals surface area contributed by atoms with Gasteiger partial charge in [-0.1, -0.05) is 19.4 Å². The van der Waals surface area contributed by atoms with E-state index in [1.165, 1.54) is 5.56 Å². The molecule has 1 saturated heterocycles. The summed E-state index contributed by atoms with van der Waals surface area (Å²) in [6.45, 7) is 10.7. The van der Waals surface area contributed by atoms with Gasteiger partial charge in [-0.15, -0.1) is 0 Å².